The van der Waals surface area contributed by atoms with Gasteiger partial charge in [0.1, 0.15) is 0 Å². The Labute approximate surface area is 82.6 Å². The number of para-hydroxylation sites is 1. The Bertz CT molecular complexity index is 418. The van der Waals surface area contributed by atoms with E-state index in [1.54, 1.807) is 0 Å². The van der Waals surface area contributed by atoms with E-state index in [1.165, 1.54) is 0 Å². The summed E-state index contributed by atoms with van der Waals surface area (Å²) >= 11 is 0. The third-order valence-corrected chi connectivity index (χ3v) is 2.56. The molecule has 0 aliphatic carbocycles. The maximum atomic E-state index is 9.18. The smallest absolute Gasteiger partial charge is 0.0512 e. The summed E-state index contributed by atoms with van der Waals surface area (Å²) in [7, 11) is 0. The van der Waals surface area contributed by atoms with Crippen molar-refractivity contribution in [3.8, 4) is 0 Å². The number of hydrogen-bond acceptors (Lipinski definition) is 2. The van der Waals surface area contributed by atoms with E-state index in [-0.39, 0.29) is 12.5 Å². The van der Waals surface area contributed by atoms with Crippen LogP contribution < -0.4 is 5.73 Å². The molecule has 0 bridgehead atoms. The van der Waals surface area contributed by atoms with Gasteiger partial charge in [-0.3, -0.25) is 0 Å². The highest BCUT2D eigenvalue weighted by Gasteiger charge is 2.11. The van der Waals surface area contributed by atoms with Gasteiger partial charge in [0, 0.05) is 24.2 Å². The molecule has 3 heteroatoms. The summed E-state index contributed by atoms with van der Waals surface area (Å²) in [5.74, 6) is 0.0253. The van der Waals surface area contributed by atoms with E-state index in [0.717, 1.165) is 16.5 Å². The first-order chi connectivity index (χ1) is 6.86. The Morgan fingerprint density at radius 3 is 2.93 bits per heavy atom. The Morgan fingerprint density at radius 2 is 2.21 bits per heavy atom. The molecule has 0 amide bonds. The number of aliphatic hydroxyl groups is 1. The molecule has 4 N–H and O–H groups in total. The Hall–Kier alpha value is -1.32. The van der Waals surface area contributed by atoms with Crippen LogP contribution in [0.4, 0.5) is 0 Å². The van der Waals surface area contributed by atoms with E-state index in [1.807, 2.05) is 30.5 Å². The van der Waals surface area contributed by atoms with Crippen molar-refractivity contribution in [1.82, 2.24) is 4.98 Å². The van der Waals surface area contributed by atoms with Gasteiger partial charge >= 0.3 is 0 Å². The van der Waals surface area contributed by atoms with Crippen LogP contribution in [0.15, 0.2) is 30.5 Å². The lowest BCUT2D eigenvalue weighted by Crippen LogP contribution is -2.16. The molecular weight excluding hydrogens is 176 g/mol. The molecule has 74 valence electrons. The van der Waals surface area contributed by atoms with Crippen LogP contribution in [0.25, 0.3) is 10.9 Å². The average molecular weight is 190 g/mol. The molecule has 3 nitrogen and oxygen atoms in total. The van der Waals surface area contributed by atoms with Crippen LogP contribution in [-0.4, -0.2) is 23.2 Å². The van der Waals surface area contributed by atoms with Gasteiger partial charge < -0.3 is 15.8 Å². The van der Waals surface area contributed by atoms with Crippen molar-refractivity contribution in [2.45, 2.75) is 5.92 Å². The molecule has 0 aliphatic heterocycles. The van der Waals surface area contributed by atoms with Gasteiger partial charge in [-0.15, -0.1) is 0 Å². The fourth-order valence-corrected chi connectivity index (χ4v) is 1.75. The van der Waals surface area contributed by atoms with Gasteiger partial charge in [0.2, 0.25) is 0 Å². The summed E-state index contributed by atoms with van der Waals surface area (Å²) in [4.78, 5) is 3.17. The molecule has 0 saturated carbocycles. The van der Waals surface area contributed by atoms with Crippen LogP contribution in [0, 0.1) is 0 Å². The minimum Gasteiger partial charge on any atom is -0.396 e. The number of nitrogens with two attached hydrogens (primary N) is 1. The zero-order valence-electron chi connectivity index (χ0n) is 7.90. The zero-order chi connectivity index (χ0) is 9.97. The first kappa shape index (κ1) is 9.24. The van der Waals surface area contributed by atoms with Crippen LogP contribution in [0.5, 0.6) is 0 Å². The molecule has 0 aliphatic rings. The highest BCUT2D eigenvalue weighted by molar-refractivity contribution is 5.83. The summed E-state index contributed by atoms with van der Waals surface area (Å²) < 4.78 is 0. The molecule has 2 rings (SSSR count). The highest BCUT2D eigenvalue weighted by atomic mass is 16.3. The zero-order valence-corrected chi connectivity index (χ0v) is 7.90. The van der Waals surface area contributed by atoms with Gasteiger partial charge in [-0.25, -0.2) is 0 Å². The lowest BCUT2D eigenvalue weighted by molar-refractivity contribution is 0.268. The van der Waals surface area contributed by atoms with Crippen LogP contribution in [-0.2, 0) is 0 Å². The summed E-state index contributed by atoms with van der Waals surface area (Å²) in [6.45, 7) is 0.559. The monoisotopic (exact) mass is 190 g/mol. The van der Waals surface area contributed by atoms with E-state index < -0.39 is 0 Å². The van der Waals surface area contributed by atoms with Gasteiger partial charge in [0.05, 0.1) is 6.61 Å². The molecular formula is C11H14N2O. The van der Waals surface area contributed by atoms with Crippen molar-refractivity contribution in [3.05, 3.63) is 36.0 Å². The van der Waals surface area contributed by atoms with Crippen molar-refractivity contribution in [3.63, 3.8) is 0 Å². The third-order valence-electron chi connectivity index (χ3n) is 2.56. The van der Waals surface area contributed by atoms with E-state index in [2.05, 4.69) is 4.98 Å². The molecule has 0 fully saturated rings. The second kappa shape index (κ2) is 3.82. The number of aliphatic hydroxyl groups excluding tert-OH is 1. The van der Waals surface area contributed by atoms with Gasteiger partial charge in [-0.2, -0.15) is 0 Å². The minimum atomic E-state index is 0.0253. The number of rotatable bonds is 3. The number of aromatic amines is 1. The quantitative estimate of drug-likeness (QED) is 0.681. The first-order valence-electron chi connectivity index (χ1n) is 4.73. The molecule has 1 aromatic heterocycles. The molecule has 1 heterocycles. The Kier molecular flexibility index (Phi) is 2.52. The molecule has 2 aromatic rings. The Balaban J connectivity index is 2.54. The van der Waals surface area contributed by atoms with Crippen LogP contribution >= 0.6 is 0 Å². The molecule has 1 unspecified atom stereocenters. The fourth-order valence-electron chi connectivity index (χ4n) is 1.75. The maximum Gasteiger partial charge on any atom is 0.0512 e. The van der Waals surface area contributed by atoms with E-state index in [4.69, 9.17) is 5.73 Å². The summed E-state index contributed by atoms with van der Waals surface area (Å²) in [6.07, 6.45) is 1.90. The van der Waals surface area contributed by atoms with E-state index in [9.17, 15) is 5.11 Å². The third kappa shape index (κ3) is 1.41. The van der Waals surface area contributed by atoms with Crippen molar-refractivity contribution in [1.29, 1.82) is 0 Å². The number of aromatic nitrogens is 1. The number of nitrogens with one attached hydrogen (secondary N) is 1. The van der Waals surface area contributed by atoms with Gasteiger partial charge in [0.25, 0.3) is 0 Å². The molecule has 0 spiro atoms. The predicted octanol–water partition coefficient (Wildman–Crippen LogP) is 1.20. The molecule has 0 radical (unpaired) electrons. The number of benzene rings is 1. The lowest BCUT2D eigenvalue weighted by atomic mass is 9.98. The largest absolute Gasteiger partial charge is 0.396 e. The van der Waals surface area contributed by atoms with E-state index in [0.29, 0.717) is 6.54 Å². The normalized spacial score (nSPS) is 13.3. The van der Waals surface area contributed by atoms with Gasteiger partial charge in [-0.1, -0.05) is 18.2 Å². The number of hydrogen-bond donors (Lipinski definition) is 3. The summed E-state index contributed by atoms with van der Waals surface area (Å²) in [5, 5.41) is 10.3. The minimum absolute atomic E-state index is 0.0253. The first-order valence-corrected chi connectivity index (χ1v) is 4.73. The summed E-state index contributed by atoms with van der Waals surface area (Å²) in [5.41, 5.74) is 7.78. The van der Waals surface area contributed by atoms with Gasteiger partial charge in [-0.05, 0) is 17.0 Å². The molecule has 1 aromatic carbocycles. The predicted molar refractivity (Wildman–Crippen MR) is 57.2 cm³/mol. The second-order valence-corrected chi connectivity index (χ2v) is 3.40. The standard InChI is InChI=1S/C11H14N2O/c12-6-9(7-14)10-3-1-2-8-4-5-13-11(8)10/h1-5,9,13-14H,6-7,12H2. The van der Waals surface area contributed by atoms with Crippen molar-refractivity contribution in [2.24, 2.45) is 5.73 Å². The molecule has 0 saturated heterocycles. The SMILES string of the molecule is NCC(CO)c1cccc2cc[nH]c12. The highest BCUT2D eigenvalue weighted by Crippen LogP contribution is 2.23. The maximum absolute atomic E-state index is 9.18. The van der Waals surface area contributed by atoms with Crippen LogP contribution in [0.1, 0.15) is 11.5 Å². The van der Waals surface area contributed by atoms with Crippen LogP contribution in [0.2, 0.25) is 0 Å². The molecule has 1 atom stereocenters. The topological polar surface area (TPSA) is 62.0 Å². The fraction of sp³-hybridized carbons (Fsp3) is 0.273. The number of H-pyrrole nitrogens is 1. The lowest BCUT2D eigenvalue weighted by Gasteiger charge is -2.12. The van der Waals surface area contributed by atoms with Crippen molar-refractivity contribution < 1.29 is 5.11 Å². The summed E-state index contributed by atoms with van der Waals surface area (Å²) in [6, 6.07) is 8.06. The second-order valence-electron chi connectivity index (χ2n) is 3.40. The Morgan fingerprint density at radius 1 is 1.36 bits per heavy atom. The average Bonchev–Trinajstić information content (AvgIpc) is 2.68. The molecule has 14 heavy (non-hydrogen) atoms. The van der Waals surface area contributed by atoms with Crippen molar-refractivity contribution in [2.75, 3.05) is 13.2 Å². The van der Waals surface area contributed by atoms with E-state index >= 15 is 0 Å². The van der Waals surface area contributed by atoms with Crippen LogP contribution in [0.3, 0.4) is 0 Å². The number of fused-ring (bicyclic) bond motifs is 1. The van der Waals surface area contributed by atoms with Crippen molar-refractivity contribution >= 4 is 10.9 Å². The van der Waals surface area contributed by atoms with Gasteiger partial charge in [0.15, 0.2) is 0 Å².